The summed E-state index contributed by atoms with van der Waals surface area (Å²) in [5.74, 6) is 1.41. The molecule has 0 fully saturated rings. The quantitative estimate of drug-likeness (QED) is 0.144. The van der Waals surface area contributed by atoms with E-state index in [9.17, 15) is 0 Å². The number of hydrogen-bond acceptors (Lipinski definition) is 0. The molecular formula is C30H51N2+. The molecule has 180 valence electrons. The highest BCUT2D eigenvalue weighted by Crippen LogP contribution is 2.13. The van der Waals surface area contributed by atoms with Gasteiger partial charge in [-0.15, -0.1) is 0 Å². The van der Waals surface area contributed by atoms with E-state index < -0.39 is 0 Å². The van der Waals surface area contributed by atoms with Crippen molar-refractivity contribution in [3.8, 4) is 0 Å². The van der Waals surface area contributed by atoms with Crippen LogP contribution in [-0.4, -0.2) is 4.57 Å². The van der Waals surface area contributed by atoms with Crippen LogP contribution in [0, 0.1) is 6.92 Å². The van der Waals surface area contributed by atoms with E-state index in [0.717, 1.165) is 13.0 Å². The normalized spacial score (nSPS) is 11.3. The number of imidazole rings is 1. The first-order valence-corrected chi connectivity index (χ1v) is 13.9. The van der Waals surface area contributed by atoms with E-state index in [4.69, 9.17) is 0 Å². The first kappa shape index (κ1) is 26.7. The Hall–Kier alpha value is -1.57. The lowest BCUT2D eigenvalue weighted by atomic mass is 10.0. The average molecular weight is 440 g/mol. The summed E-state index contributed by atoms with van der Waals surface area (Å²) in [6, 6.07) is 10.8. The van der Waals surface area contributed by atoms with Gasteiger partial charge in [0.1, 0.15) is 12.4 Å². The summed E-state index contributed by atoms with van der Waals surface area (Å²) >= 11 is 0. The summed E-state index contributed by atoms with van der Waals surface area (Å²) in [6.45, 7) is 6.86. The van der Waals surface area contributed by atoms with Crippen LogP contribution in [-0.2, 0) is 19.5 Å². The number of benzene rings is 1. The predicted molar refractivity (Wildman–Crippen MR) is 139 cm³/mol. The van der Waals surface area contributed by atoms with E-state index in [1.54, 1.807) is 0 Å². The van der Waals surface area contributed by atoms with Gasteiger partial charge in [0.25, 0.3) is 5.82 Å². The summed E-state index contributed by atoms with van der Waals surface area (Å²) in [7, 11) is 0. The minimum Gasteiger partial charge on any atom is -0.234 e. The standard InChI is InChI=1S/C30H51N2/c1-3-4-5-6-7-8-9-10-11-12-13-14-15-16-20-25-31-27-28-32(29(31)2)26-21-24-30-22-18-17-19-23-30/h17-19,22-23,27-28H,3-16,20-21,24-26H2,1-2H3/q+1. The van der Waals surface area contributed by atoms with Crippen molar-refractivity contribution in [2.75, 3.05) is 0 Å². The van der Waals surface area contributed by atoms with Crippen LogP contribution in [0.15, 0.2) is 42.7 Å². The molecule has 2 rings (SSSR count). The Kier molecular flexibility index (Phi) is 14.9. The molecule has 0 saturated carbocycles. The molecule has 1 aromatic carbocycles. The molecule has 0 aliphatic carbocycles. The Morgan fingerprint density at radius 3 is 1.75 bits per heavy atom. The molecule has 0 atom stereocenters. The van der Waals surface area contributed by atoms with Crippen LogP contribution in [0.1, 0.15) is 121 Å². The fourth-order valence-corrected chi connectivity index (χ4v) is 4.77. The smallest absolute Gasteiger partial charge is 0.234 e. The molecule has 0 amide bonds. The van der Waals surface area contributed by atoms with Gasteiger partial charge in [-0.05, 0) is 31.2 Å². The van der Waals surface area contributed by atoms with Gasteiger partial charge in [0, 0.05) is 6.92 Å². The molecule has 0 aliphatic rings. The van der Waals surface area contributed by atoms with Gasteiger partial charge >= 0.3 is 0 Å². The molecule has 2 aromatic rings. The van der Waals surface area contributed by atoms with Crippen LogP contribution in [0.5, 0.6) is 0 Å². The van der Waals surface area contributed by atoms with Crippen molar-refractivity contribution in [3.63, 3.8) is 0 Å². The summed E-state index contributed by atoms with van der Waals surface area (Å²) in [5.41, 5.74) is 1.45. The first-order chi connectivity index (χ1) is 15.8. The van der Waals surface area contributed by atoms with E-state index in [1.807, 2.05) is 0 Å². The van der Waals surface area contributed by atoms with Gasteiger partial charge in [-0.2, -0.15) is 0 Å². The van der Waals surface area contributed by atoms with Crippen molar-refractivity contribution in [1.82, 2.24) is 4.57 Å². The van der Waals surface area contributed by atoms with Crippen molar-refractivity contribution < 1.29 is 4.57 Å². The zero-order valence-electron chi connectivity index (χ0n) is 21.4. The highest BCUT2D eigenvalue weighted by atomic mass is 15.1. The molecule has 32 heavy (non-hydrogen) atoms. The highest BCUT2D eigenvalue weighted by molar-refractivity contribution is 5.14. The van der Waals surface area contributed by atoms with E-state index in [2.05, 4.69) is 65.7 Å². The Bertz CT molecular complexity index is 673. The molecule has 1 heterocycles. The summed E-state index contributed by atoms with van der Waals surface area (Å²) < 4.78 is 4.87. The lowest BCUT2D eigenvalue weighted by Gasteiger charge is -2.04. The Morgan fingerprint density at radius 2 is 1.19 bits per heavy atom. The largest absolute Gasteiger partial charge is 0.253 e. The number of aryl methyl sites for hydroxylation is 3. The molecule has 0 N–H and O–H groups in total. The van der Waals surface area contributed by atoms with Crippen LogP contribution in [0.3, 0.4) is 0 Å². The molecule has 0 radical (unpaired) electrons. The number of unbranched alkanes of at least 4 members (excludes halogenated alkanes) is 14. The molecule has 0 unspecified atom stereocenters. The monoisotopic (exact) mass is 439 g/mol. The summed E-state index contributed by atoms with van der Waals surface area (Å²) in [4.78, 5) is 0. The molecule has 0 bridgehead atoms. The highest BCUT2D eigenvalue weighted by Gasteiger charge is 2.11. The lowest BCUT2D eigenvalue weighted by Crippen LogP contribution is -2.35. The van der Waals surface area contributed by atoms with Crippen molar-refractivity contribution in [2.45, 2.75) is 136 Å². The number of rotatable bonds is 20. The third-order valence-corrected chi connectivity index (χ3v) is 6.97. The van der Waals surface area contributed by atoms with Gasteiger partial charge in [-0.3, -0.25) is 0 Å². The first-order valence-electron chi connectivity index (χ1n) is 13.9. The number of hydrogen-bond donors (Lipinski definition) is 0. The second-order valence-electron chi connectivity index (χ2n) is 9.77. The van der Waals surface area contributed by atoms with Gasteiger partial charge in [0.2, 0.25) is 0 Å². The fraction of sp³-hybridized carbons (Fsp3) is 0.700. The molecule has 0 aliphatic heterocycles. The maximum atomic E-state index is 2.45. The van der Waals surface area contributed by atoms with E-state index >= 15 is 0 Å². The van der Waals surface area contributed by atoms with Gasteiger partial charge in [0.15, 0.2) is 0 Å². The summed E-state index contributed by atoms with van der Waals surface area (Å²) in [6.07, 6.45) is 28.4. The van der Waals surface area contributed by atoms with Crippen molar-refractivity contribution in [2.24, 2.45) is 0 Å². The molecule has 2 nitrogen and oxygen atoms in total. The van der Waals surface area contributed by atoms with Crippen molar-refractivity contribution in [3.05, 3.63) is 54.1 Å². The second-order valence-corrected chi connectivity index (χ2v) is 9.77. The molecular weight excluding hydrogens is 388 g/mol. The van der Waals surface area contributed by atoms with Gasteiger partial charge in [0.05, 0.1) is 13.1 Å². The van der Waals surface area contributed by atoms with E-state index in [0.29, 0.717) is 0 Å². The maximum Gasteiger partial charge on any atom is 0.253 e. The molecule has 1 aromatic heterocycles. The van der Waals surface area contributed by atoms with Crippen LogP contribution in [0.4, 0.5) is 0 Å². The van der Waals surface area contributed by atoms with Crippen molar-refractivity contribution >= 4 is 0 Å². The van der Waals surface area contributed by atoms with E-state index in [1.165, 1.54) is 121 Å². The lowest BCUT2D eigenvalue weighted by molar-refractivity contribution is -0.702. The van der Waals surface area contributed by atoms with Crippen LogP contribution >= 0.6 is 0 Å². The topological polar surface area (TPSA) is 8.81 Å². The van der Waals surface area contributed by atoms with Gasteiger partial charge in [-0.25, -0.2) is 9.13 Å². The van der Waals surface area contributed by atoms with Gasteiger partial charge in [-0.1, -0.05) is 121 Å². The maximum absolute atomic E-state index is 2.45. The zero-order valence-corrected chi connectivity index (χ0v) is 21.4. The third-order valence-electron chi connectivity index (χ3n) is 6.97. The molecule has 2 heteroatoms. The Labute approximate surface area is 199 Å². The van der Waals surface area contributed by atoms with Crippen LogP contribution in [0.25, 0.3) is 0 Å². The predicted octanol–water partition coefficient (Wildman–Crippen LogP) is 8.59. The van der Waals surface area contributed by atoms with E-state index in [-0.39, 0.29) is 0 Å². The minimum atomic E-state index is 1.12. The third kappa shape index (κ3) is 11.9. The molecule has 0 spiro atoms. The molecule has 0 saturated heterocycles. The van der Waals surface area contributed by atoms with Crippen molar-refractivity contribution in [1.29, 1.82) is 0 Å². The number of nitrogens with zero attached hydrogens (tertiary/aromatic N) is 2. The average Bonchev–Trinajstić information content (AvgIpc) is 3.16. The Morgan fingerprint density at radius 1 is 0.656 bits per heavy atom. The second kappa shape index (κ2) is 17.9. The van der Waals surface area contributed by atoms with Gasteiger partial charge < -0.3 is 0 Å². The van der Waals surface area contributed by atoms with Crippen LogP contribution in [0.2, 0.25) is 0 Å². The SMILES string of the molecule is CCCCCCCCCCCCCCCCCn1cc[n+](CCCc2ccccc2)c1C. The summed E-state index contributed by atoms with van der Waals surface area (Å²) in [5, 5.41) is 0. The fourth-order valence-electron chi connectivity index (χ4n) is 4.77. The minimum absolute atomic E-state index is 1.12. The van der Waals surface area contributed by atoms with Crippen LogP contribution < -0.4 is 4.57 Å². The Balaban J connectivity index is 1.41. The number of aromatic nitrogens is 2. The zero-order chi connectivity index (χ0) is 22.7.